The Kier molecular flexibility index (Phi) is 4.31. The van der Waals surface area contributed by atoms with E-state index < -0.39 is 23.1 Å². The Labute approximate surface area is 150 Å². The number of allylic oxidation sites excluding steroid dienone is 1. The fourth-order valence-corrected chi connectivity index (χ4v) is 3.36. The van der Waals surface area contributed by atoms with Crippen molar-refractivity contribution < 1.29 is 9.53 Å². The highest BCUT2D eigenvalue weighted by molar-refractivity contribution is 5.94. The lowest BCUT2D eigenvalue weighted by molar-refractivity contribution is -0.136. The number of aromatic nitrogens is 2. The summed E-state index contributed by atoms with van der Waals surface area (Å²) in [6.45, 7) is 3.70. The van der Waals surface area contributed by atoms with Gasteiger partial charge in [0.15, 0.2) is 0 Å². The molecular weight excluding hydrogens is 334 g/mol. The van der Waals surface area contributed by atoms with Gasteiger partial charge in [-0.1, -0.05) is 29.8 Å². The van der Waals surface area contributed by atoms with Crippen molar-refractivity contribution in [1.29, 1.82) is 0 Å². The fraction of sp³-hybridized carbons (Fsp3) is 0.316. The molecule has 2 aromatic rings. The largest absolute Gasteiger partial charge is 0.466 e. The first-order valence-electron chi connectivity index (χ1n) is 8.20. The molecule has 0 fully saturated rings. The topological polar surface area (TPSA) is 82.3 Å². The molecule has 1 atom stereocenters. The molecule has 0 bridgehead atoms. The van der Waals surface area contributed by atoms with Crippen LogP contribution in [0.25, 0.3) is 0 Å². The van der Waals surface area contributed by atoms with E-state index in [-0.39, 0.29) is 0 Å². The van der Waals surface area contributed by atoms with E-state index in [9.17, 15) is 14.4 Å². The molecule has 0 radical (unpaired) electrons. The van der Waals surface area contributed by atoms with Gasteiger partial charge in [-0.05, 0) is 19.4 Å². The molecule has 0 aliphatic carbocycles. The summed E-state index contributed by atoms with van der Waals surface area (Å²) in [6.07, 6.45) is 0. The van der Waals surface area contributed by atoms with Crippen molar-refractivity contribution in [3.63, 3.8) is 0 Å². The van der Waals surface area contributed by atoms with Gasteiger partial charge in [-0.15, -0.1) is 0 Å². The van der Waals surface area contributed by atoms with Crippen LogP contribution in [0.4, 0.5) is 5.82 Å². The van der Waals surface area contributed by atoms with Crippen molar-refractivity contribution in [2.24, 2.45) is 14.1 Å². The minimum absolute atomic E-state index is 0.351. The third-order valence-electron chi connectivity index (χ3n) is 4.80. The summed E-state index contributed by atoms with van der Waals surface area (Å²) >= 11 is 0. The predicted octanol–water partition coefficient (Wildman–Crippen LogP) is 1.40. The van der Waals surface area contributed by atoms with E-state index in [1.54, 1.807) is 14.0 Å². The Balaban J connectivity index is 2.41. The number of fused-ring (bicyclic) bond motifs is 1. The van der Waals surface area contributed by atoms with Crippen molar-refractivity contribution in [3.8, 4) is 0 Å². The number of ether oxygens (including phenoxy) is 1. The van der Waals surface area contributed by atoms with E-state index >= 15 is 0 Å². The molecule has 26 heavy (non-hydrogen) atoms. The standard InChI is InChI=1S/C19H21N3O4/c1-10-6-8-12(9-7-10)14-13(18(24)26-5)11(2)20-16-15(14)17(23)22(4)19(25)21(16)3/h6-9,14,20H,1-5H3/t14-/m0/s1. The van der Waals surface area contributed by atoms with Gasteiger partial charge >= 0.3 is 11.7 Å². The second kappa shape index (κ2) is 6.33. The first-order valence-corrected chi connectivity index (χ1v) is 8.20. The average molecular weight is 355 g/mol. The summed E-state index contributed by atoms with van der Waals surface area (Å²) < 4.78 is 7.40. The summed E-state index contributed by atoms with van der Waals surface area (Å²) in [5.41, 5.74) is 2.25. The summed E-state index contributed by atoms with van der Waals surface area (Å²) in [4.78, 5) is 37.7. The minimum atomic E-state index is -0.621. The smallest absolute Gasteiger partial charge is 0.336 e. The number of hydrogen-bond donors (Lipinski definition) is 1. The van der Waals surface area contributed by atoms with Gasteiger partial charge in [0, 0.05) is 19.8 Å². The van der Waals surface area contributed by atoms with Crippen LogP contribution in [0, 0.1) is 6.92 Å². The third-order valence-corrected chi connectivity index (χ3v) is 4.80. The molecule has 0 unspecified atom stereocenters. The second-order valence-electron chi connectivity index (χ2n) is 6.47. The van der Waals surface area contributed by atoms with E-state index in [0.717, 1.165) is 15.7 Å². The lowest BCUT2D eigenvalue weighted by Gasteiger charge is -2.30. The number of hydrogen-bond acceptors (Lipinski definition) is 5. The number of aryl methyl sites for hydroxylation is 1. The molecule has 1 aliphatic rings. The maximum atomic E-state index is 12.9. The van der Waals surface area contributed by atoms with Gasteiger partial charge in [-0.2, -0.15) is 0 Å². The number of esters is 1. The first-order chi connectivity index (χ1) is 12.3. The van der Waals surface area contributed by atoms with Crippen LogP contribution in [0.2, 0.25) is 0 Å². The van der Waals surface area contributed by atoms with Crippen LogP contribution in [-0.4, -0.2) is 22.2 Å². The van der Waals surface area contributed by atoms with Crippen LogP contribution >= 0.6 is 0 Å². The predicted molar refractivity (Wildman–Crippen MR) is 98.3 cm³/mol. The molecule has 3 rings (SSSR count). The van der Waals surface area contributed by atoms with E-state index in [0.29, 0.717) is 22.7 Å². The number of carbonyl (C=O) groups is 1. The zero-order valence-electron chi connectivity index (χ0n) is 15.4. The molecule has 1 N–H and O–H groups in total. The highest BCUT2D eigenvalue weighted by Gasteiger charge is 2.36. The van der Waals surface area contributed by atoms with Crippen molar-refractivity contribution >= 4 is 11.8 Å². The number of anilines is 1. The number of nitrogens with one attached hydrogen (secondary N) is 1. The summed E-state index contributed by atoms with van der Waals surface area (Å²) in [5.74, 6) is -0.735. The van der Waals surface area contributed by atoms with Gasteiger partial charge in [0.25, 0.3) is 5.56 Å². The zero-order chi connectivity index (χ0) is 19.2. The van der Waals surface area contributed by atoms with Crippen molar-refractivity contribution in [3.05, 3.63) is 73.1 Å². The van der Waals surface area contributed by atoms with E-state index in [2.05, 4.69) is 5.32 Å². The fourth-order valence-electron chi connectivity index (χ4n) is 3.36. The molecule has 1 aromatic carbocycles. The van der Waals surface area contributed by atoms with Gasteiger partial charge in [0.2, 0.25) is 0 Å². The molecule has 1 aromatic heterocycles. The normalized spacial score (nSPS) is 16.1. The summed E-state index contributed by atoms with van der Waals surface area (Å²) in [7, 11) is 4.33. The quantitative estimate of drug-likeness (QED) is 0.824. The molecule has 0 amide bonds. The lowest BCUT2D eigenvalue weighted by Crippen LogP contribution is -2.43. The van der Waals surface area contributed by atoms with Gasteiger partial charge < -0.3 is 10.1 Å². The van der Waals surface area contributed by atoms with Crippen LogP contribution in [0.5, 0.6) is 0 Å². The van der Waals surface area contributed by atoms with Crippen LogP contribution in [0.1, 0.15) is 29.5 Å². The Morgan fingerprint density at radius 2 is 1.69 bits per heavy atom. The van der Waals surface area contributed by atoms with Gasteiger partial charge in [0.1, 0.15) is 5.82 Å². The molecule has 0 saturated carbocycles. The van der Waals surface area contributed by atoms with Gasteiger partial charge in [-0.3, -0.25) is 13.9 Å². The SMILES string of the molecule is COC(=O)C1=C(C)Nc2c(c(=O)n(C)c(=O)n2C)[C@H]1c1ccc(C)cc1. The summed E-state index contributed by atoms with van der Waals surface area (Å²) in [6, 6.07) is 7.62. The Morgan fingerprint density at radius 1 is 1.08 bits per heavy atom. The number of methoxy groups -OCH3 is 1. The maximum absolute atomic E-state index is 12.9. The molecule has 0 spiro atoms. The number of nitrogens with zero attached hydrogens (tertiary/aromatic N) is 2. The highest BCUT2D eigenvalue weighted by Crippen LogP contribution is 2.39. The van der Waals surface area contributed by atoms with Gasteiger partial charge in [-0.25, -0.2) is 9.59 Å². The van der Waals surface area contributed by atoms with Crippen LogP contribution in [0.15, 0.2) is 45.1 Å². The monoisotopic (exact) mass is 355 g/mol. The molecule has 1 aliphatic heterocycles. The molecule has 2 heterocycles. The van der Waals surface area contributed by atoms with Crippen molar-refractivity contribution in [2.75, 3.05) is 12.4 Å². The van der Waals surface area contributed by atoms with E-state index in [1.807, 2.05) is 31.2 Å². The average Bonchev–Trinajstić information content (AvgIpc) is 2.63. The van der Waals surface area contributed by atoms with E-state index in [4.69, 9.17) is 4.74 Å². The molecule has 7 nitrogen and oxygen atoms in total. The van der Waals surface area contributed by atoms with Crippen molar-refractivity contribution in [2.45, 2.75) is 19.8 Å². The Morgan fingerprint density at radius 3 is 2.27 bits per heavy atom. The molecule has 0 saturated heterocycles. The minimum Gasteiger partial charge on any atom is -0.466 e. The van der Waals surface area contributed by atoms with Gasteiger partial charge in [0.05, 0.1) is 24.2 Å². The Bertz CT molecular complexity index is 1040. The molecule has 136 valence electrons. The maximum Gasteiger partial charge on any atom is 0.336 e. The number of rotatable bonds is 2. The summed E-state index contributed by atoms with van der Waals surface area (Å²) in [5, 5.41) is 3.04. The Hall–Kier alpha value is -3.09. The van der Waals surface area contributed by atoms with Crippen LogP contribution in [-0.2, 0) is 23.6 Å². The van der Waals surface area contributed by atoms with Crippen LogP contribution < -0.4 is 16.6 Å². The number of benzene rings is 1. The lowest BCUT2D eigenvalue weighted by atomic mass is 9.82. The van der Waals surface area contributed by atoms with Crippen LogP contribution in [0.3, 0.4) is 0 Å². The highest BCUT2D eigenvalue weighted by atomic mass is 16.5. The molecule has 7 heteroatoms. The zero-order valence-corrected chi connectivity index (χ0v) is 15.4. The first kappa shape index (κ1) is 17.7. The molecular formula is C19H21N3O4. The number of carbonyl (C=O) groups excluding carboxylic acids is 1. The van der Waals surface area contributed by atoms with Crippen molar-refractivity contribution in [1.82, 2.24) is 9.13 Å². The van der Waals surface area contributed by atoms with E-state index in [1.165, 1.54) is 18.7 Å². The third kappa shape index (κ3) is 2.56. The second-order valence-corrected chi connectivity index (χ2v) is 6.47.